The van der Waals surface area contributed by atoms with Crippen LogP contribution in [0.3, 0.4) is 0 Å². The molecule has 2 aromatic carbocycles. The molecule has 2 N–H and O–H groups in total. The largest absolute Gasteiger partial charge is 0.444 e. The molecular formula is C25H19FN4O5. The highest BCUT2D eigenvalue weighted by molar-refractivity contribution is 6.02. The van der Waals surface area contributed by atoms with E-state index in [1.807, 2.05) is 18.2 Å². The second kappa shape index (κ2) is 10.4. The van der Waals surface area contributed by atoms with E-state index in [2.05, 4.69) is 15.6 Å². The fourth-order valence-corrected chi connectivity index (χ4v) is 3.17. The van der Waals surface area contributed by atoms with Crippen LogP contribution in [0.1, 0.15) is 26.3 Å². The number of benzene rings is 2. The van der Waals surface area contributed by atoms with Crippen LogP contribution in [-0.2, 0) is 11.3 Å². The topological polar surface area (TPSA) is 119 Å². The SMILES string of the molecule is O=C(Nc1cnc2ccc(C(=O)NCC(=O)c3ccc(F)cc3)cn2c1=O)OCc1ccccc1. The summed E-state index contributed by atoms with van der Waals surface area (Å²) < 4.78 is 19.2. The molecule has 0 saturated carbocycles. The van der Waals surface area contributed by atoms with Gasteiger partial charge in [-0.1, -0.05) is 30.3 Å². The number of Topliss-reactive ketones (excluding diaryl/α,β-unsaturated/α-hetero) is 1. The van der Waals surface area contributed by atoms with Crippen LogP contribution in [0.15, 0.2) is 83.9 Å². The molecule has 2 amide bonds. The van der Waals surface area contributed by atoms with Gasteiger partial charge in [0.2, 0.25) is 0 Å². The van der Waals surface area contributed by atoms with Gasteiger partial charge in [-0.05, 0) is 42.0 Å². The Morgan fingerprint density at radius 1 is 0.943 bits per heavy atom. The summed E-state index contributed by atoms with van der Waals surface area (Å²) in [4.78, 5) is 53.8. The molecule has 0 radical (unpaired) electrons. The first-order chi connectivity index (χ1) is 16.9. The summed E-state index contributed by atoms with van der Waals surface area (Å²) in [6, 6.07) is 16.9. The van der Waals surface area contributed by atoms with Crippen molar-refractivity contribution in [3.8, 4) is 0 Å². The lowest BCUT2D eigenvalue weighted by Gasteiger charge is -2.09. The minimum Gasteiger partial charge on any atom is -0.444 e. The third-order valence-electron chi connectivity index (χ3n) is 4.99. The van der Waals surface area contributed by atoms with E-state index in [-0.39, 0.29) is 35.6 Å². The highest BCUT2D eigenvalue weighted by atomic mass is 19.1. The van der Waals surface area contributed by atoms with Crippen molar-refractivity contribution < 1.29 is 23.5 Å². The quantitative estimate of drug-likeness (QED) is 0.397. The van der Waals surface area contributed by atoms with Gasteiger partial charge in [-0.3, -0.25) is 24.1 Å². The number of hydrogen-bond donors (Lipinski definition) is 2. The predicted octanol–water partition coefficient (Wildman–Crippen LogP) is 3.20. The summed E-state index contributed by atoms with van der Waals surface area (Å²) in [5.41, 5.74) is 0.618. The Hall–Kier alpha value is -4.86. The maximum absolute atomic E-state index is 13.0. The van der Waals surface area contributed by atoms with Crippen LogP contribution in [0.5, 0.6) is 0 Å². The van der Waals surface area contributed by atoms with Crippen molar-refractivity contribution in [2.45, 2.75) is 6.61 Å². The second-order valence-corrected chi connectivity index (χ2v) is 7.42. The van der Waals surface area contributed by atoms with E-state index in [9.17, 15) is 23.6 Å². The Kier molecular flexibility index (Phi) is 6.91. The Morgan fingerprint density at radius 2 is 1.66 bits per heavy atom. The molecule has 176 valence electrons. The third-order valence-corrected chi connectivity index (χ3v) is 4.99. The zero-order valence-corrected chi connectivity index (χ0v) is 18.2. The van der Waals surface area contributed by atoms with Crippen LogP contribution in [0.25, 0.3) is 5.65 Å². The second-order valence-electron chi connectivity index (χ2n) is 7.42. The Labute approximate surface area is 198 Å². The lowest BCUT2D eigenvalue weighted by atomic mass is 10.1. The van der Waals surface area contributed by atoms with E-state index in [1.54, 1.807) is 12.1 Å². The van der Waals surface area contributed by atoms with Gasteiger partial charge in [-0.15, -0.1) is 0 Å². The van der Waals surface area contributed by atoms with E-state index >= 15 is 0 Å². The number of hydrogen-bond acceptors (Lipinski definition) is 6. The predicted molar refractivity (Wildman–Crippen MR) is 125 cm³/mol. The molecular weight excluding hydrogens is 455 g/mol. The third kappa shape index (κ3) is 5.74. The molecule has 0 unspecified atom stereocenters. The van der Waals surface area contributed by atoms with Gasteiger partial charge in [0, 0.05) is 11.8 Å². The van der Waals surface area contributed by atoms with Crippen LogP contribution in [-0.4, -0.2) is 33.7 Å². The van der Waals surface area contributed by atoms with Crippen molar-refractivity contribution in [2.24, 2.45) is 0 Å². The van der Waals surface area contributed by atoms with Crippen LogP contribution in [0, 0.1) is 5.82 Å². The van der Waals surface area contributed by atoms with E-state index in [1.165, 1.54) is 36.7 Å². The number of rotatable bonds is 7. The molecule has 0 aliphatic heterocycles. The number of aromatic nitrogens is 2. The van der Waals surface area contributed by atoms with Crippen molar-refractivity contribution in [3.63, 3.8) is 0 Å². The van der Waals surface area contributed by atoms with Gasteiger partial charge in [0.05, 0.1) is 18.3 Å². The molecule has 0 saturated heterocycles. The number of carbonyl (C=O) groups is 3. The zero-order valence-electron chi connectivity index (χ0n) is 18.2. The summed E-state index contributed by atoms with van der Waals surface area (Å²) >= 11 is 0. The molecule has 4 aromatic rings. The number of ketones is 1. The molecule has 10 heteroatoms. The van der Waals surface area contributed by atoms with Gasteiger partial charge in [0.15, 0.2) is 5.78 Å². The number of ether oxygens (including phenoxy) is 1. The highest BCUT2D eigenvalue weighted by Crippen LogP contribution is 2.08. The van der Waals surface area contributed by atoms with Gasteiger partial charge in [0.1, 0.15) is 23.8 Å². The maximum Gasteiger partial charge on any atom is 0.412 e. The average Bonchev–Trinajstić information content (AvgIpc) is 2.88. The van der Waals surface area contributed by atoms with Gasteiger partial charge in [0.25, 0.3) is 11.5 Å². The lowest BCUT2D eigenvalue weighted by Crippen LogP contribution is -2.30. The van der Waals surface area contributed by atoms with Crippen molar-refractivity contribution in [3.05, 3.63) is 112 Å². The number of amides is 2. The molecule has 0 aliphatic carbocycles. The first-order valence-electron chi connectivity index (χ1n) is 10.5. The number of fused-ring (bicyclic) bond motifs is 1. The maximum atomic E-state index is 13.0. The monoisotopic (exact) mass is 474 g/mol. The van der Waals surface area contributed by atoms with Gasteiger partial charge in [-0.2, -0.15) is 0 Å². The molecule has 0 fully saturated rings. The molecule has 2 aromatic heterocycles. The average molecular weight is 474 g/mol. The summed E-state index contributed by atoms with van der Waals surface area (Å²) in [5, 5.41) is 4.82. The standard InChI is InChI=1S/C25H19FN4O5/c26-19-9-6-17(7-10-19)21(31)13-28-23(32)18-8-11-22-27-12-20(24(33)30(22)14-18)29-25(34)35-15-16-4-2-1-3-5-16/h1-12,14H,13,15H2,(H,28,32)(H,29,34). The zero-order chi connectivity index (χ0) is 24.8. The van der Waals surface area contributed by atoms with Gasteiger partial charge >= 0.3 is 6.09 Å². The fraction of sp³-hybridized carbons (Fsp3) is 0.0800. The number of pyridine rings is 1. The molecule has 35 heavy (non-hydrogen) atoms. The summed E-state index contributed by atoms with van der Waals surface area (Å²) in [5.74, 6) is -1.48. The molecule has 2 heterocycles. The van der Waals surface area contributed by atoms with Crippen LogP contribution in [0.2, 0.25) is 0 Å². The number of carbonyl (C=O) groups excluding carboxylic acids is 3. The van der Waals surface area contributed by atoms with Gasteiger partial charge < -0.3 is 10.1 Å². The minimum atomic E-state index is -0.832. The number of nitrogens with one attached hydrogen (secondary N) is 2. The smallest absolute Gasteiger partial charge is 0.412 e. The van der Waals surface area contributed by atoms with E-state index in [4.69, 9.17) is 4.74 Å². The van der Waals surface area contributed by atoms with Crippen molar-refractivity contribution >= 4 is 29.1 Å². The number of anilines is 1. The highest BCUT2D eigenvalue weighted by Gasteiger charge is 2.14. The first kappa shape index (κ1) is 23.3. The summed E-state index contributed by atoms with van der Waals surface area (Å²) in [6.07, 6.45) is 1.62. The lowest BCUT2D eigenvalue weighted by molar-refractivity contribution is 0.0903. The number of halogens is 1. The molecule has 4 rings (SSSR count). The molecule has 0 bridgehead atoms. The van der Waals surface area contributed by atoms with Crippen LogP contribution < -0.4 is 16.2 Å². The van der Waals surface area contributed by atoms with Crippen LogP contribution in [0.4, 0.5) is 14.9 Å². The Bertz CT molecular complexity index is 1450. The molecule has 0 aliphatic rings. The summed E-state index contributed by atoms with van der Waals surface area (Å²) in [7, 11) is 0. The fourth-order valence-electron chi connectivity index (χ4n) is 3.17. The Morgan fingerprint density at radius 3 is 2.40 bits per heavy atom. The van der Waals surface area contributed by atoms with Crippen molar-refractivity contribution in [2.75, 3.05) is 11.9 Å². The molecule has 0 spiro atoms. The molecule has 9 nitrogen and oxygen atoms in total. The molecule has 0 atom stereocenters. The van der Waals surface area contributed by atoms with E-state index in [0.717, 1.165) is 22.1 Å². The normalized spacial score (nSPS) is 10.5. The van der Waals surface area contributed by atoms with Crippen molar-refractivity contribution in [1.29, 1.82) is 0 Å². The van der Waals surface area contributed by atoms with Gasteiger partial charge in [-0.25, -0.2) is 14.2 Å². The Balaban J connectivity index is 1.43. The van der Waals surface area contributed by atoms with E-state index < -0.39 is 29.2 Å². The first-order valence-corrected chi connectivity index (χ1v) is 10.5. The minimum absolute atomic E-state index is 0.0238. The van der Waals surface area contributed by atoms with Crippen LogP contribution >= 0.6 is 0 Å². The van der Waals surface area contributed by atoms with E-state index in [0.29, 0.717) is 0 Å². The summed E-state index contributed by atoms with van der Waals surface area (Å²) in [6.45, 7) is -0.291. The van der Waals surface area contributed by atoms with Crippen molar-refractivity contribution in [1.82, 2.24) is 14.7 Å². The number of nitrogens with zero attached hydrogens (tertiary/aromatic N) is 2.